The van der Waals surface area contributed by atoms with Crippen LogP contribution in [0.4, 0.5) is 0 Å². The summed E-state index contributed by atoms with van der Waals surface area (Å²) < 4.78 is 28.7. The zero-order chi connectivity index (χ0) is 31.1. The van der Waals surface area contributed by atoms with E-state index in [-0.39, 0.29) is 42.4 Å². The number of carbonyl (C=O) groups is 2. The Morgan fingerprint density at radius 2 is 1.98 bits per heavy atom. The van der Waals surface area contributed by atoms with Gasteiger partial charge in [0.25, 0.3) is 0 Å². The molecule has 1 aliphatic heterocycles. The number of amides is 1. The molecule has 0 spiro atoms. The number of hydrogen-bond acceptors (Lipinski definition) is 4. The molecule has 232 valence electrons. The normalized spacial score (nSPS) is 27.8. The van der Waals surface area contributed by atoms with Gasteiger partial charge in [0.1, 0.15) is 10.8 Å². The van der Waals surface area contributed by atoms with Crippen molar-refractivity contribution < 1.29 is 18.0 Å². The fourth-order valence-electron chi connectivity index (χ4n) is 6.71. The van der Waals surface area contributed by atoms with Gasteiger partial charge in [-0.15, -0.1) is 0 Å². The predicted octanol–water partition coefficient (Wildman–Crippen LogP) is 6.66. The van der Waals surface area contributed by atoms with Crippen LogP contribution in [0.2, 0.25) is 0 Å². The molecule has 0 aromatic rings. The van der Waals surface area contributed by atoms with Crippen LogP contribution in [0.25, 0.3) is 0 Å². The lowest BCUT2D eigenvalue weighted by Crippen LogP contribution is -2.57. The molecule has 2 fully saturated rings. The van der Waals surface area contributed by atoms with Crippen molar-refractivity contribution in [3.05, 3.63) is 47.1 Å². The summed E-state index contributed by atoms with van der Waals surface area (Å²) >= 11 is 0. The molecule has 7 heteroatoms. The first-order chi connectivity index (χ1) is 19.8. The van der Waals surface area contributed by atoms with E-state index in [9.17, 15) is 18.0 Å². The van der Waals surface area contributed by atoms with Gasteiger partial charge in [0.05, 0.1) is 6.54 Å². The first-order valence-electron chi connectivity index (χ1n) is 15.9. The summed E-state index contributed by atoms with van der Waals surface area (Å²) in [6.45, 7) is 16.8. The number of ketones is 1. The van der Waals surface area contributed by atoms with Crippen LogP contribution >= 0.6 is 0 Å². The van der Waals surface area contributed by atoms with Crippen LogP contribution < -0.4 is 4.72 Å². The van der Waals surface area contributed by atoms with Crippen LogP contribution in [0.3, 0.4) is 0 Å². The zero-order valence-electron chi connectivity index (χ0n) is 26.7. The molecule has 3 unspecified atom stereocenters. The van der Waals surface area contributed by atoms with E-state index in [0.717, 1.165) is 48.8 Å². The number of likely N-dealkylation sites (tertiary alicyclic amines) is 1. The van der Waals surface area contributed by atoms with Gasteiger partial charge in [-0.3, -0.25) is 9.59 Å². The number of Topliss-reactive ketones (excluding diaryl/α,β-unsaturated/α-hetero) is 1. The lowest BCUT2D eigenvalue weighted by atomic mass is 9.78. The molecule has 5 atom stereocenters. The molecule has 1 saturated carbocycles. The van der Waals surface area contributed by atoms with Crippen molar-refractivity contribution in [3.8, 4) is 11.8 Å². The third-order valence-corrected chi connectivity index (χ3v) is 11.8. The van der Waals surface area contributed by atoms with Crippen molar-refractivity contribution in [2.45, 2.75) is 117 Å². The Morgan fingerprint density at radius 3 is 2.67 bits per heavy atom. The van der Waals surface area contributed by atoms with Crippen molar-refractivity contribution in [1.29, 1.82) is 0 Å². The molecule has 0 radical (unpaired) electrons. The molecule has 2 aliphatic carbocycles. The highest BCUT2D eigenvalue weighted by atomic mass is 32.2. The van der Waals surface area contributed by atoms with Gasteiger partial charge in [-0.25, -0.2) is 13.1 Å². The number of rotatable bonds is 14. The highest BCUT2D eigenvalue weighted by molar-refractivity contribution is 7.91. The Labute approximate surface area is 255 Å². The Bertz CT molecular complexity index is 1300. The monoisotopic (exact) mass is 596 g/mol. The van der Waals surface area contributed by atoms with Gasteiger partial charge in [-0.2, -0.15) is 0 Å². The van der Waals surface area contributed by atoms with E-state index in [1.807, 2.05) is 32.9 Å². The maximum absolute atomic E-state index is 13.7. The van der Waals surface area contributed by atoms with E-state index in [2.05, 4.69) is 37.0 Å². The molecule has 0 bridgehead atoms. The average molecular weight is 597 g/mol. The largest absolute Gasteiger partial charge is 0.334 e. The number of allylic oxidation sites excluding steroid dienone is 7. The highest BCUT2D eigenvalue weighted by Gasteiger charge is 2.44. The molecular weight excluding hydrogens is 544 g/mol. The Kier molecular flexibility index (Phi) is 12.0. The summed E-state index contributed by atoms with van der Waals surface area (Å²) in [5.41, 5.74) is 4.18. The van der Waals surface area contributed by atoms with Crippen molar-refractivity contribution >= 4 is 21.7 Å². The molecule has 3 rings (SSSR count). The van der Waals surface area contributed by atoms with Crippen LogP contribution in [0.5, 0.6) is 0 Å². The summed E-state index contributed by atoms with van der Waals surface area (Å²) in [4.78, 5) is 28.6. The van der Waals surface area contributed by atoms with E-state index in [4.69, 9.17) is 0 Å². The fourth-order valence-corrected chi connectivity index (χ4v) is 8.11. The minimum Gasteiger partial charge on any atom is -0.334 e. The first kappa shape index (κ1) is 34.1. The summed E-state index contributed by atoms with van der Waals surface area (Å²) in [6.07, 6.45) is 14.4. The van der Waals surface area contributed by atoms with E-state index in [1.165, 1.54) is 18.4 Å². The van der Waals surface area contributed by atoms with Crippen molar-refractivity contribution in [2.24, 2.45) is 17.8 Å². The van der Waals surface area contributed by atoms with Gasteiger partial charge in [0, 0.05) is 18.9 Å². The minimum absolute atomic E-state index is 0.0471. The topological polar surface area (TPSA) is 83.6 Å². The van der Waals surface area contributed by atoms with Crippen molar-refractivity contribution in [1.82, 2.24) is 9.62 Å². The average Bonchev–Trinajstić information content (AvgIpc) is 3.44. The third-order valence-electron chi connectivity index (χ3n) is 9.74. The lowest BCUT2D eigenvalue weighted by Gasteiger charge is -2.35. The molecule has 42 heavy (non-hydrogen) atoms. The SMILES string of the molecule is C=C(CCCCC)C(C)[C@@H]1CCCC1C(=O)CN1CCC[C@H](NS(=O)(=O)C2(C)C#CC=C(/C(C)=C(C)/C=C\C)C2)C1=O. The fraction of sp³-hybridized carbons (Fsp3) is 0.657. The number of nitrogens with zero attached hydrogens (tertiary/aromatic N) is 1. The van der Waals surface area contributed by atoms with Gasteiger partial charge in [-0.1, -0.05) is 69.3 Å². The number of unbranched alkanes of at least 4 members (excludes halogenated alkanes) is 2. The number of hydrogen-bond donors (Lipinski definition) is 1. The van der Waals surface area contributed by atoms with Gasteiger partial charge >= 0.3 is 0 Å². The number of nitrogens with one attached hydrogen (secondary N) is 1. The number of sulfonamides is 1. The van der Waals surface area contributed by atoms with Gasteiger partial charge in [0.15, 0.2) is 5.78 Å². The molecule has 0 aromatic carbocycles. The second kappa shape index (κ2) is 14.8. The smallest absolute Gasteiger partial charge is 0.241 e. The van der Waals surface area contributed by atoms with E-state index < -0.39 is 20.8 Å². The number of piperidine rings is 1. The highest BCUT2D eigenvalue weighted by Crippen LogP contribution is 2.41. The lowest BCUT2D eigenvalue weighted by molar-refractivity contribution is -0.140. The van der Waals surface area contributed by atoms with Crippen LogP contribution in [-0.4, -0.2) is 48.9 Å². The van der Waals surface area contributed by atoms with E-state index in [0.29, 0.717) is 19.4 Å². The summed E-state index contributed by atoms with van der Waals surface area (Å²) in [5.74, 6) is 6.10. The maximum atomic E-state index is 13.7. The zero-order valence-corrected chi connectivity index (χ0v) is 27.5. The Balaban J connectivity index is 1.66. The summed E-state index contributed by atoms with van der Waals surface area (Å²) in [6, 6.07) is -0.887. The molecule has 0 aromatic heterocycles. The molecule has 1 heterocycles. The summed E-state index contributed by atoms with van der Waals surface area (Å²) in [5, 5.41) is 0. The van der Waals surface area contributed by atoms with Crippen LogP contribution in [0, 0.1) is 29.6 Å². The summed E-state index contributed by atoms with van der Waals surface area (Å²) in [7, 11) is -3.97. The van der Waals surface area contributed by atoms with Crippen LogP contribution in [-0.2, 0) is 19.6 Å². The quantitative estimate of drug-likeness (QED) is 0.105. The van der Waals surface area contributed by atoms with Gasteiger partial charge in [-0.05, 0) is 101 Å². The van der Waals surface area contributed by atoms with E-state index in [1.54, 1.807) is 17.9 Å². The second-order valence-electron chi connectivity index (χ2n) is 12.8. The number of carbonyl (C=O) groups excluding carboxylic acids is 2. The standard InChI is InChI=1S/C35H52N2O4S/c1-8-10-11-16-26(4)28(6)30-18-12-19-31(30)33(38)24-37-22-14-20-32(34(37)39)36-42(40,41)35(7)21-13-17-29(23-35)27(5)25(3)15-9-2/h9,15,17,28,30-32,36H,4,8,10-12,14,16,18-20,22-24H2,1-3,5-7H3/b15-9-,27-25+/t28?,30-,31?,32-,35?/m0/s1. The van der Waals surface area contributed by atoms with Gasteiger partial charge < -0.3 is 4.90 Å². The molecule has 6 nitrogen and oxygen atoms in total. The molecule has 1 saturated heterocycles. The van der Waals surface area contributed by atoms with Crippen LogP contribution in [0.15, 0.2) is 47.1 Å². The molecule has 3 aliphatic rings. The van der Waals surface area contributed by atoms with Crippen molar-refractivity contribution in [2.75, 3.05) is 13.1 Å². The van der Waals surface area contributed by atoms with Crippen LogP contribution in [0.1, 0.15) is 106 Å². The minimum atomic E-state index is -3.97. The Morgan fingerprint density at radius 1 is 1.24 bits per heavy atom. The first-order valence-corrected chi connectivity index (χ1v) is 17.4. The third kappa shape index (κ3) is 7.94. The maximum Gasteiger partial charge on any atom is 0.241 e. The molecule has 1 amide bonds. The Hall–Kier alpha value is -2.43. The second-order valence-corrected chi connectivity index (χ2v) is 14.9. The van der Waals surface area contributed by atoms with Gasteiger partial charge in [0.2, 0.25) is 15.9 Å². The predicted molar refractivity (Wildman–Crippen MR) is 172 cm³/mol. The molecule has 1 N–H and O–H groups in total. The molecular formula is C35H52N2O4S. The van der Waals surface area contributed by atoms with Crippen molar-refractivity contribution in [3.63, 3.8) is 0 Å². The van der Waals surface area contributed by atoms with E-state index >= 15 is 0 Å².